The third kappa shape index (κ3) is 3.38. The fraction of sp³-hybridized carbons (Fsp3) is 0.300. The van der Waals surface area contributed by atoms with Crippen molar-refractivity contribution in [1.29, 1.82) is 0 Å². The highest BCUT2D eigenvalue weighted by atomic mass is 16.5. The van der Waals surface area contributed by atoms with Crippen LogP contribution < -0.4 is 5.32 Å². The molecule has 0 unspecified atom stereocenters. The summed E-state index contributed by atoms with van der Waals surface area (Å²) in [5.41, 5.74) is 1.38. The van der Waals surface area contributed by atoms with E-state index in [1.54, 1.807) is 19.2 Å². The van der Waals surface area contributed by atoms with E-state index in [2.05, 4.69) is 15.0 Å². The fourth-order valence-corrected chi connectivity index (χ4v) is 1.00. The van der Waals surface area contributed by atoms with Gasteiger partial charge in [-0.3, -0.25) is 9.78 Å². The number of aromatic nitrogens is 1. The number of hydrogen-bond acceptors (Lipinski definition) is 4. The monoisotopic (exact) mass is 208 g/mol. The Hall–Kier alpha value is -1.91. The molecule has 1 aromatic rings. The molecule has 1 aromatic heterocycles. The molecule has 0 radical (unpaired) electrons. The summed E-state index contributed by atoms with van der Waals surface area (Å²) in [5, 5.41) is 2.39. The van der Waals surface area contributed by atoms with E-state index in [-0.39, 0.29) is 6.61 Å². The molecule has 1 N–H and O–H groups in total. The molecule has 0 saturated heterocycles. The average Bonchev–Trinajstić information content (AvgIpc) is 2.18. The lowest BCUT2D eigenvalue weighted by Gasteiger charge is -2.04. The van der Waals surface area contributed by atoms with Crippen LogP contribution in [0.3, 0.4) is 0 Å². The van der Waals surface area contributed by atoms with E-state index in [0.717, 1.165) is 5.56 Å². The lowest BCUT2D eigenvalue weighted by Crippen LogP contribution is -2.25. The van der Waals surface area contributed by atoms with Crippen LogP contribution in [0.25, 0.3) is 0 Å². The summed E-state index contributed by atoms with van der Waals surface area (Å²) >= 11 is 0. The van der Waals surface area contributed by atoms with Gasteiger partial charge in [0.2, 0.25) is 0 Å². The van der Waals surface area contributed by atoms with Gasteiger partial charge >= 0.3 is 11.9 Å². The summed E-state index contributed by atoms with van der Waals surface area (Å²) in [5.74, 6) is -1.68. The topological polar surface area (TPSA) is 68.3 Å². The van der Waals surface area contributed by atoms with E-state index in [0.29, 0.717) is 5.69 Å². The Morgan fingerprint density at radius 2 is 2.20 bits per heavy atom. The van der Waals surface area contributed by atoms with Crippen molar-refractivity contribution in [1.82, 2.24) is 4.98 Å². The van der Waals surface area contributed by atoms with E-state index in [9.17, 15) is 9.59 Å². The largest absolute Gasteiger partial charge is 0.459 e. The first-order valence-corrected chi connectivity index (χ1v) is 4.53. The summed E-state index contributed by atoms with van der Waals surface area (Å²) in [6, 6.07) is 1.71. The number of pyridine rings is 1. The van der Waals surface area contributed by atoms with Crippen LogP contribution in [0.5, 0.6) is 0 Å². The number of carbonyl (C=O) groups is 2. The van der Waals surface area contributed by atoms with Crippen molar-refractivity contribution in [2.24, 2.45) is 0 Å². The van der Waals surface area contributed by atoms with E-state index in [1.165, 1.54) is 6.20 Å². The van der Waals surface area contributed by atoms with Crippen LogP contribution >= 0.6 is 0 Å². The zero-order chi connectivity index (χ0) is 11.3. The van der Waals surface area contributed by atoms with Crippen molar-refractivity contribution in [2.45, 2.75) is 13.8 Å². The van der Waals surface area contributed by atoms with Gasteiger partial charge < -0.3 is 10.1 Å². The predicted octanol–water partition coefficient (Wildman–Crippen LogP) is 0.892. The Morgan fingerprint density at radius 3 is 2.80 bits per heavy atom. The maximum absolute atomic E-state index is 11.2. The molecule has 0 aromatic carbocycles. The van der Waals surface area contributed by atoms with Gasteiger partial charge in [-0.1, -0.05) is 0 Å². The first kappa shape index (κ1) is 11.2. The zero-order valence-corrected chi connectivity index (χ0v) is 8.61. The first-order valence-electron chi connectivity index (χ1n) is 4.53. The van der Waals surface area contributed by atoms with Gasteiger partial charge in [-0.05, 0) is 25.5 Å². The number of nitrogens with one attached hydrogen (secondary N) is 1. The quantitative estimate of drug-likeness (QED) is 0.579. The van der Waals surface area contributed by atoms with Gasteiger partial charge in [0.1, 0.15) is 0 Å². The number of aryl methyl sites for hydroxylation is 1. The normalized spacial score (nSPS) is 9.47. The van der Waals surface area contributed by atoms with Crippen molar-refractivity contribution >= 4 is 17.6 Å². The van der Waals surface area contributed by atoms with Crippen molar-refractivity contribution in [3.8, 4) is 0 Å². The molecule has 0 aliphatic rings. The number of ether oxygens (including phenoxy) is 1. The van der Waals surface area contributed by atoms with E-state index in [4.69, 9.17) is 0 Å². The molecule has 5 nitrogen and oxygen atoms in total. The molecular formula is C10H12N2O3. The molecule has 0 atom stereocenters. The zero-order valence-electron chi connectivity index (χ0n) is 8.61. The Balaban J connectivity index is 2.62. The third-order valence-electron chi connectivity index (χ3n) is 1.59. The van der Waals surface area contributed by atoms with Crippen LogP contribution in [0.4, 0.5) is 5.69 Å². The van der Waals surface area contributed by atoms with Crippen LogP contribution in [0.2, 0.25) is 0 Å². The molecule has 0 bridgehead atoms. The van der Waals surface area contributed by atoms with Crippen LogP contribution in [0, 0.1) is 6.92 Å². The van der Waals surface area contributed by atoms with Crippen LogP contribution in [0.1, 0.15) is 12.5 Å². The number of carbonyl (C=O) groups excluding carboxylic acids is 2. The predicted molar refractivity (Wildman–Crippen MR) is 54.2 cm³/mol. The molecule has 0 spiro atoms. The minimum atomic E-state index is -0.890. The molecule has 5 heteroatoms. The second-order valence-electron chi connectivity index (χ2n) is 2.93. The highest BCUT2D eigenvalue weighted by Gasteiger charge is 2.14. The van der Waals surface area contributed by atoms with E-state index >= 15 is 0 Å². The van der Waals surface area contributed by atoms with Gasteiger partial charge in [0.15, 0.2) is 0 Å². The first-order chi connectivity index (χ1) is 7.13. The number of amides is 1. The number of anilines is 1. The van der Waals surface area contributed by atoms with Gasteiger partial charge in [-0.15, -0.1) is 0 Å². The Bertz CT molecular complexity index is 377. The van der Waals surface area contributed by atoms with Crippen molar-refractivity contribution in [3.05, 3.63) is 24.0 Å². The van der Waals surface area contributed by atoms with Crippen LogP contribution in [-0.2, 0) is 14.3 Å². The molecule has 0 aliphatic carbocycles. The summed E-state index contributed by atoms with van der Waals surface area (Å²) < 4.78 is 4.53. The average molecular weight is 208 g/mol. The molecular weight excluding hydrogens is 196 g/mol. The minimum Gasteiger partial charge on any atom is -0.459 e. The summed E-state index contributed by atoms with van der Waals surface area (Å²) in [7, 11) is 0. The lowest BCUT2D eigenvalue weighted by molar-refractivity contribution is -0.152. The molecule has 0 aliphatic heterocycles. The van der Waals surface area contributed by atoms with Crippen LogP contribution in [-0.4, -0.2) is 23.5 Å². The Morgan fingerprint density at radius 1 is 1.47 bits per heavy atom. The fourth-order valence-electron chi connectivity index (χ4n) is 1.00. The molecule has 0 fully saturated rings. The molecule has 15 heavy (non-hydrogen) atoms. The van der Waals surface area contributed by atoms with Gasteiger partial charge in [0, 0.05) is 6.20 Å². The Kier molecular flexibility index (Phi) is 3.79. The summed E-state index contributed by atoms with van der Waals surface area (Å²) in [4.78, 5) is 26.1. The van der Waals surface area contributed by atoms with E-state index in [1.807, 2.05) is 6.92 Å². The lowest BCUT2D eigenvalue weighted by atomic mass is 10.3. The molecule has 0 saturated carbocycles. The summed E-state index contributed by atoms with van der Waals surface area (Å²) in [6.07, 6.45) is 3.12. The minimum absolute atomic E-state index is 0.179. The highest BCUT2D eigenvalue weighted by molar-refractivity contribution is 6.37. The van der Waals surface area contributed by atoms with Crippen molar-refractivity contribution in [2.75, 3.05) is 11.9 Å². The smallest absolute Gasteiger partial charge is 0.397 e. The maximum Gasteiger partial charge on any atom is 0.397 e. The van der Waals surface area contributed by atoms with E-state index < -0.39 is 11.9 Å². The number of hydrogen-bond donors (Lipinski definition) is 1. The SMILES string of the molecule is CCOC(=O)C(=O)Nc1cncc(C)c1. The highest BCUT2D eigenvalue weighted by Crippen LogP contribution is 2.06. The number of nitrogens with zero attached hydrogens (tertiary/aromatic N) is 1. The van der Waals surface area contributed by atoms with Crippen LogP contribution in [0.15, 0.2) is 18.5 Å². The molecule has 1 rings (SSSR count). The second kappa shape index (κ2) is 5.09. The second-order valence-corrected chi connectivity index (χ2v) is 2.93. The molecule has 1 amide bonds. The van der Waals surface area contributed by atoms with Crippen molar-refractivity contribution in [3.63, 3.8) is 0 Å². The standard InChI is InChI=1S/C10H12N2O3/c1-3-15-10(14)9(13)12-8-4-7(2)5-11-6-8/h4-6H,3H2,1-2H3,(H,12,13). The van der Waals surface area contributed by atoms with Gasteiger partial charge in [-0.25, -0.2) is 4.79 Å². The maximum atomic E-state index is 11.2. The van der Waals surface area contributed by atoms with Crippen molar-refractivity contribution < 1.29 is 14.3 Å². The van der Waals surface area contributed by atoms with Gasteiger partial charge in [-0.2, -0.15) is 0 Å². The Labute approximate surface area is 87.5 Å². The number of esters is 1. The number of rotatable bonds is 2. The van der Waals surface area contributed by atoms with Gasteiger partial charge in [0.25, 0.3) is 0 Å². The molecule has 1 heterocycles. The summed E-state index contributed by atoms with van der Waals surface area (Å²) in [6.45, 7) is 3.66. The third-order valence-corrected chi connectivity index (χ3v) is 1.59. The molecule has 80 valence electrons. The van der Waals surface area contributed by atoms with Gasteiger partial charge in [0.05, 0.1) is 18.5 Å².